The van der Waals surface area contributed by atoms with Crippen LogP contribution in [0.1, 0.15) is 30.6 Å². The molecule has 3 rings (SSSR count). The third kappa shape index (κ3) is 3.81. The average Bonchev–Trinajstić information content (AvgIpc) is 2.56. The molecular formula is C20H31N3O3. The Morgan fingerprint density at radius 1 is 1.19 bits per heavy atom. The van der Waals surface area contributed by atoms with Gasteiger partial charge in [-0.05, 0) is 36.4 Å². The molecule has 2 bridgehead atoms. The van der Waals surface area contributed by atoms with Gasteiger partial charge in [0.1, 0.15) is 18.1 Å². The van der Waals surface area contributed by atoms with Crippen molar-refractivity contribution in [1.82, 2.24) is 9.80 Å². The Hall–Kier alpha value is -1.79. The van der Waals surface area contributed by atoms with Crippen molar-refractivity contribution in [2.75, 3.05) is 53.5 Å². The van der Waals surface area contributed by atoms with E-state index < -0.39 is 0 Å². The number of methoxy groups -OCH3 is 1. The van der Waals surface area contributed by atoms with Crippen molar-refractivity contribution >= 4 is 5.91 Å². The second kappa shape index (κ2) is 7.08. The SMILES string of the molecule is COc1ccc(C(=O)N2C[C@]3(C)CN(C)C[C@](C)(C2)C3)c(OCCN)c1. The van der Waals surface area contributed by atoms with E-state index in [0.29, 0.717) is 30.2 Å². The van der Waals surface area contributed by atoms with E-state index >= 15 is 0 Å². The van der Waals surface area contributed by atoms with Crippen LogP contribution in [-0.2, 0) is 0 Å². The summed E-state index contributed by atoms with van der Waals surface area (Å²) in [7, 11) is 3.78. The van der Waals surface area contributed by atoms with E-state index in [1.54, 1.807) is 19.2 Å². The molecule has 6 heteroatoms. The molecule has 0 spiro atoms. The number of benzene rings is 1. The molecule has 2 saturated heterocycles. The normalized spacial score (nSPS) is 28.7. The Balaban J connectivity index is 1.87. The quantitative estimate of drug-likeness (QED) is 0.867. The van der Waals surface area contributed by atoms with Crippen LogP contribution in [0.4, 0.5) is 0 Å². The maximum Gasteiger partial charge on any atom is 0.257 e. The van der Waals surface area contributed by atoms with Crippen LogP contribution in [0.3, 0.4) is 0 Å². The lowest BCUT2D eigenvalue weighted by Gasteiger charge is -2.56. The van der Waals surface area contributed by atoms with Crippen LogP contribution < -0.4 is 15.2 Å². The van der Waals surface area contributed by atoms with E-state index in [-0.39, 0.29) is 16.7 Å². The summed E-state index contributed by atoms with van der Waals surface area (Å²) < 4.78 is 11.0. The summed E-state index contributed by atoms with van der Waals surface area (Å²) in [5.41, 5.74) is 6.40. The molecule has 2 atom stereocenters. The summed E-state index contributed by atoms with van der Waals surface area (Å²) in [4.78, 5) is 17.7. The number of amides is 1. The molecule has 2 aliphatic heterocycles. The highest BCUT2D eigenvalue weighted by Gasteiger charge is 2.48. The van der Waals surface area contributed by atoms with Gasteiger partial charge in [-0.25, -0.2) is 0 Å². The smallest absolute Gasteiger partial charge is 0.257 e. The number of nitrogens with zero attached hydrogens (tertiary/aromatic N) is 2. The highest BCUT2D eigenvalue weighted by atomic mass is 16.5. The van der Waals surface area contributed by atoms with Crippen LogP contribution in [0.5, 0.6) is 11.5 Å². The second-order valence-corrected chi connectivity index (χ2v) is 8.63. The first-order valence-corrected chi connectivity index (χ1v) is 9.26. The van der Waals surface area contributed by atoms with Gasteiger partial charge in [0.15, 0.2) is 0 Å². The lowest BCUT2D eigenvalue weighted by molar-refractivity contribution is -0.0554. The fourth-order valence-electron chi connectivity index (χ4n) is 5.10. The van der Waals surface area contributed by atoms with Crippen molar-refractivity contribution in [3.8, 4) is 11.5 Å². The zero-order valence-corrected chi connectivity index (χ0v) is 16.4. The van der Waals surface area contributed by atoms with E-state index in [1.165, 1.54) is 0 Å². The van der Waals surface area contributed by atoms with E-state index in [0.717, 1.165) is 32.6 Å². The molecule has 1 amide bonds. The molecule has 2 fully saturated rings. The Morgan fingerprint density at radius 3 is 2.42 bits per heavy atom. The molecule has 0 unspecified atom stereocenters. The Kier molecular flexibility index (Phi) is 5.17. The fraction of sp³-hybridized carbons (Fsp3) is 0.650. The van der Waals surface area contributed by atoms with Crippen molar-refractivity contribution in [1.29, 1.82) is 0 Å². The van der Waals surface area contributed by atoms with Gasteiger partial charge in [0.05, 0.1) is 12.7 Å². The average molecular weight is 361 g/mol. The highest BCUT2D eigenvalue weighted by molar-refractivity contribution is 5.97. The first-order valence-electron chi connectivity index (χ1n) is 9.26. The van der Waals surface area contributed by atoms with Crippen LogP contribution in [-0.4, -0.2) is 69.2 Å². The molecule has 1 aromatic rings. The van der Waals surface area contributed by atoms with Gasteiger partial charge in [0.2, 0.25) is 0 Å². The molecule has 2 heterocycles. The molecule has 0 radical (unpaired) electrons. The van der Waals surface area contributed by atoms with E-state index in [4.69, 9.17) is 15.2 Å². The third-order valence-electron chi connectivity index (χ3n) is 5.38. The molecule has 0 aliphatic carbocycles. The van der Waals surface area contributed by atoms with Crippen molar-refractivity contribution < 1.29 is 14.3 Å². The summed E-state index contributed by atoms with van der Waals surface area (Å²) in [5, 5.41) is 0. The third-order valence-corrected chi connectivity index (χ3v) is 5.38. The lowest BCUT2D eigenvalue weighted by Crippen LogP contribution is -2.62. The minimum Gasteiger partial charge on any atom is -0.497 e. The zero-order chi connectivity index (χ0) is 18.9. The van der Waals surface area contributed by atoms with Crippen molar-refractivity contribution in [2.45, 2.75) is 20.3 Å². The first kappa shape index (κ1) is 19.0. The number of likely N-dealkylation sites (tertiary alicyclic amines) is 2. The maximum atomic E-state index is 13.3. The van der Waals surface area contributed by atoms with Crippen LogP contribution >= 0.6 is 0 Å². The highest BCUT2D eigenvalue weighted by Crippen LogP contribution is 2.45. The minimum atomic E-state index is 0.0291. The van der Waals surface area contributed by atoms with E-state index in [1.807, 2.05) is 11.0 Å². The molecule has 26 heavy (non-hydrogen) atoms. The Labute approximate surface area is 156 Å². The number of hydrogen-bond acceptors (Lipinski definition) is 5. The standard InChI is InChI=1S/C20H31N3O3/c1-19-10-20(2,12-22(3)11-19)14-23(13-19)18(24)16-6-5-15(25-4)9-17(16)26-8-7-21/h5-6,9H,7-8,10-14,21H2,1-4H3/t19-,20+. The summed E-state index contributed by atoms with van der Waals surface area (Å²) in [6, 6.07) is 5.38. The number of rotatable bonds is 5. The number of carbonyl (C=O) groups is 1. The Morgan fingerprint density at radius 2 is 1.85 bits per heavy atom. The predicted molar refractivity (Wildman–Crippen MR) is 102 cm³/mol. The van der Waals surface area contributed by atoms with Crippen LogP contribution in [0.2, 0.25) is 0 Å². The number of fused-ring (bicyclic) bond motifs is 2. The van der Waals surface area contributed by atoms with E-state index in [9.17, 15) is 4.79 Å². The maximum absolute atomic E-state index is 13.3. The van der Waals surface area contributed by atoms with Gasteiger partial charge in [-0.1, -0.05) is 13.8 Å². The number of ether oxygens (including phenoxy) is 2. The molecule has 2 N–H and O–H groups in total. The Bertz CT molecular complexity index is 660. The molecule has 144 valence electrons. The lowest BCUT2D eigenvalue weighted by atomic mass is 9.65. The van der Waals surface area contributed by atoms with Crippen LogP contribution in [0, 0.1) is 10.8 Å². The van der Waals surface area contributed by atoms with Gasteiger partial charge in [0, 0.05) is 38.8 Å². The zero-order valence-electron chi connectivity index (χ0n) is 16.4. The van der Waals surface area contributed by atoms with Crippen LogP contribution in [0.15, 0.2) is 18.2 Å². The van der Waals surface area contributed by atoms with Crippen molar-refractivity contribution in [3.05, 3.63) is 23.8 Å². The van der Waals surface area contributed by atoms with Crippen molar-refractivity contribution in [3.63, 3.8) is 0 Å². The number of carbonyl (C=O) groups excluding carboxylic acids is 1. The minimum absolute atomic E-state index is 0.0291. The second-order valence-electron chi connectivity index (χ2n) is 8.63. The van der Waals surface area contributed by atoms with Gasteiger partial charge in [-0.2, -0.15) is 0 Å². The van der Waals surface area contributed by atoms with Gasteiger partial charge in [0.25, 0.3) is 5.91 Å². The van der Waals surface area contributed by atoms with E-state index in [2.05, 4.69) is 25.8 Å². The van der Waals surface area contributed by atoms with Gasteiger partial charge in [-0.15, -0.1) is 0 Å². The van der Waals surface area contributed by atoms with Crippen molar-refractivity contribution in [2.24, 2.45) is 16.6 Å². The molecule has 1 aromatic carbocycles. The topological polar surface area (TPSA) is 68.0 Å². The largest absolute Gasteiger partial charge is 0.497 e. The molecule has 0 saturated carbocycles. The van der Waals surface area contributed by atoms with Gasteiger partial charge in [-0.3, -0.25) is 4.79 Å². The summed E-state index contributed by atoms with van der Waals surface area (Å²) in [6.07, 6.45) is 1.16. The number of hydrogen-bond donors (Lipinski definition) is 1. The first-order chi connectivity index (χ1) is 12.3. The molecule has 2 aliphatic rings. The molecule has 6 nitrogen and oxygen atoms in total. The summed E-state index contributed by atoms with van der Waals surface area (Å²) >= 11 is 0. The van der Waals surface area contributed by atoms with Gasteiger partial charge < -0.3 is 25.0 Å². The molecule has 0 aromatic heterocycles. The van der Waals surface area contributed by atoms with Crippen LogP contribution in [0.25, 0.3) is 0 Å². The van der Waals surface area contributed by atoms with Gasteiger partial charge >= 0.3 is 0 Å². The molecular weight excluding hydrogens is 330 g/mol. The number of piperidine rings is 2. The fourth-order valence-corrected chi connectivity index (χ4v) is 5.10. The number of nitrogens with two attached hydrogens (primary N) is 1. The predicted octanol–water partition coefficient (Wildman–Crippen LogP) is 1.84. The monoisotopic (exact) mass is 361 g/mol. The summed E-state index contributed by atoms with van der Waals surface area (Å²) in [5.74, 6) is 1.24. The summed E-state index contributed by atoms with van der Waals surface area (Å²) in [6.45, 7) is 8.93.